The Balaban J connectivity index is 0.000000311. The number of carboxylic acids is 2. The van der Waals surface area contributed by atoms with E-state index in [1.807, 2.05) is 0 Å². The first-order valence-electron chi connectivity index (χ1n) is 7.90. The average molecular weight is 440 g/mol. The van der Waals surface area contributed by atoms with Crippen LogP contribution in [0.25, 0.3) is 0 Å². The number of benzene rings is 2. The molecule has 0 atom stereocenters. The molecular formula is C17H16N2O12. The van der Waals surface area contributed by atoms with Crippen LogP contribution in [-0.4, -0.2) is 58.4 Å². The highest BCUT2D eigenvalue weighted by Crippen LogP contribution is 2.35. The number of methoxy groups -OCH3 is 3. The van der Waals surface area contributed by atoms with Gasteiger partial charge in [-0.2, -0.15) is 0 Å². The molecule has 14 heteroatoms. The number of aromatic carboxylic acids is 2. The molecule has 0 spiro atoms. The molecule has 0 aliphatic carbocycles. The lowest BCUT2D eigenvalue weighted by molar-refractivity contribution is -0.385. The highest BCUT2D eigenvalue weighted by atomic mass is 16.6. The number of phenolic OH excluding ortho intramolecular Hbond substituents is 1. The van der Waals surface area contributed by atoms with E-state index in [1.54, 1.807) is 0 Å². The Labute approximate surface area is 173 Å². The molecule has 0 heterocycles. The SMILES string of the molecule is COc1cc(C(=O)O)c([N+](=O)[O-])cc1OC.COc1cc([N+](=O)[O-])c(C(=O)O)cc1O. The largest absolute Gasteiger partial charge is 0.504 e. The fourth-order valence-electron chi connectivity index (χ4n) is 2.23. The fourth-order valence-corrected chi connectivity index (χ4v) is 2.23. The molecular weight excluding hydrogens is 424 g/mol. The smallest absolute Gasteiger partial charge is 0.342 e. The minimum Gasteiger partial charge on any atom is -0.504 e. The second-order valence-corrected chi connectivity index (χ2v) is 5.39. The summed E-state index contributed by atoms with van der Waals surface area (Å²) in [6.45, 7) is 0. The topological polar surface area (TPSA) is 209 Å². The molecule has 0 bridgehead atoms. The molecule has 0 aliphatic heterocycles. The molecule has 0 saturated carbocycles. The van der Waals surface area contributed by atoms with Gasteiger partial charge in [0.05, 0.1) is 43.3 Å². The predicted octanol–water partition coefficient (Wildman–Crippen LogP) is 2.32. The number of rotatable bonds is 7. The quantitative estimate of drug-likeness (QED) is 0.418. The van der Waals surface area contributed by atoms with Crippen LogP contribution in [0.4, 0.5) is 11.4 Å². The van der Waals surface area contributed by atoms with Crippen LogP contribution >= 0.6 is 0 Å². The van der Waals surface area contributed by atoms with Crippen LogP contribution < -0.4 is 14.2 Å². The van der Waals surface area contributed by atoms with Crippen molar-refractivity contribution in [2.45, 2.75) is 0 Å². The summed E-state index contributed by atoms with van der Waals surface area (Å²) in [5, 5.41) is 47.8. The Morgan fingerprint density at radius 1 is 0.742 bits per heavy atom. The van der Waals surface area contributed by atoms with Crippen LogP contribution in [0.5, 0.6) is 23.0 Å². The van der Waals surface area contributed by atoms with E-state index in [-0.39, 0.29) is 17.2 Å². The van der Waals surface area contributed by atoms with Crippen molar-refractivity contribution in [3.8, 4) is 23.0 Å². The van der Waals surface area contributed by atoms with Crippen LogP contribution in [-0.2, 0) is 0 Å². The maximum atomic E-state index is 10.8. The van der Waals surface area contributed by atoms with Gasteiger partial charge in [0, 0.05) is 12.1 Å². The summed E-state index contributed by atoms with van der Waals surface area (Å²) < 4.78 is 14.3. The van der Waals surface area contributed by atoms with Crippen LogP contribution in [0, 0.1) is 20.2 Å². The van der Waals surface area contributed by atoms with Gasteiger partial charge in [0.25, 0.3) is 11.4 Å². The number of carboxylic acid groups (broad SMARTS) is 2. The summed E-state index contributed by atoms with van der Waals surface area (Å²) in [5.41, 5.74) is -2.19. The second-order valence-electron chi connectivity index (χ2n) is 5.39. The van der Waals surface area contributed by atoms with Crippen LogP contribution in [0.1, 0.15) is 20.7 Å². The molecule has 0 aliphatic rings. The van der Waals surface area contributed by atoms with E-state index in [2.05, 4.69) is 4.74 Å². The van der Waals surface area contributed by atoms with Crippen molar-refractivity contribution in [2.24, 2.45) is 0 Å². The summed E-state index contributed by atoms with van der Waals surface area (Å²) in [5.74, 6) is -3.25. The minimum atomic E-state index is -1.49. The van der Waals surface area contributed by atoms with Gasteiger partial charge in [-0.15, -0.1) is 0 Å². The van der Waals surface area contributed by atoms with Crippen LogP contribution in [0.2, 0.25) is 0 Å². The molecule has 0 aromatic heterocycles. The molecule has 3 N–H and O–H groups in total. The summed E-state index contributed by atoms with van der Waals surface area (Å²) >= 11 is 0. The number of nitrogens with zero attached hydrogens (tertiary/aromatic N) is 2. The molecule has 2 rings (SSSR count). The van der Waals surface area contributed by atoms with E-state index < -0.39 is 50.0 Å². The number of phenols is 1. The van der Waals surface area contributed by atoms with Gasteiger partial charge in [-0.1, -0.05) is 0 Å². The zero-order chi connectivity index (χ0) is 23.9. The molecule has 31 heavy (non-hydrogen) atoms. The van der Waals surface area contributed by atoms with E-state index in [0.29, 0.717) is 0 Å². The molecule has 0 unspecified atom stereocenters. The maximum Gasteiger partial charge on any atom is 0.342 e. The highest BCUT2D eigenvalue weighted by molar-refractivity contribution is 5.94. The molecule has 0 saturated heterocycles. The van der Waals surface area contributed by atoms with E-state index in [9.17, 15) is 34.9 Å². The van der Waals surface area contributed by atoms with Crippen LogP contribution in [0.3, 0.4) is 0 Å². The van der Waals surface area contributed by atoms with Crippen LogP contribution in [0.15, 0.2) is 24.3 Å². The Morgan fingerprint density at radius 2 is 1.10 bits per heavy atom. The Bertz CT molecular complexity index is 993. The van der Waals surface area contributed by atoms with Gasteiger partial charge in [0.15, 0.2) is 23.0 Å². The molecule has 0 radical (unpaired) electrons. The Hall–Kier alpha value is -4.62. The third-order valence-corrected chi connectivity index (χ3v) is 3.65. The monoisotopic (exact) mass is 440 g/mol. The molecule has 166 valence electrons. The molecule has 2 aromatic carbocycles. The number of hydrogen-bond donors (Lipinski definition) is 3. The number of nitro benzene ring substituents is 2. The zero-order valence-corrected chi connectivity index (χ0v) is 16.2. The summed E-state index contributed by atoms with van der Waals surface area (Å²) in [7, 11) is 3.83. The highest BCUT2D eigenvalue weighted by Gasteiger charge is 2.24. The van der Waals surface area contributed by atoms with E-state index >= 15 is 0 Å². The first kappa shape index (κ1) is 24.4. The third-order valence-electron chi connectivity index (χ3n) is 3.65. The Morgan fingerprint density at radius 3 is 1.45 bits per heavy atom. The van der Waals surface area contributed by atoms with E-state index in [1.165, 1.54) is 21.3 Å². The normalized spacial score (nSPS) is 9.65. The van der Waals surface area contributed by atoms with Crippen molar-refractivity contribution in [1.29, 1.82) is 0 Å². The molecule has 0 fully saturated rings. The lowest BCUT2D eigenvalue weighted by Gasteiger charge is -2.08. The zero-order valence-electron chi connectivity index (χ0n) is 16.2. The molecule has 14 nitrogen and oxygen atoms in total. The van der Waals surface area contributed by atoms with E-state index in [4.69, 9.17) is 19.7 Å². The van der Waals surface area contributed by atoms with Gasteiger partial charge in [-0.05, 0) is 0 Å². The van der Waals surface area contributed by atoms with Crippen molar-refractivity contribution >= 4 is 23.3 Å². The van der Waals surface area contributed by atoms with Gasteiger partial charge in [-0.3, -0.25) is 20.2 Å². The maximum absolute atomic E-state index is 10.8. The van der Waals surface area contributed by atoms with Gasteiger partial charge in [0.2, 0.25) is 0 Å². The van der Waals surface area contributed by atoms with Gasteiger partial charge in [-0.25, -0.2) is 9.59 Å². The van der Waals surface area contributed by atoms with Gasteiger partial charge >= 0.3 is 11.9 Å². The first-order chi connectivity index (χ1) is 14.5. The minimum absolute atomic E-state index is 0.110. The lowest BCUT2D eigenvalue weighted by Crippen LogP contribution is -2.04. The summed E-state index contributed by atoms with van der Waals surface area (Å²) in [4.78, 5) is 40.9. The van der Waals surface area contributed by atoms with E-state index in [0.717, 1.165) is 24.3 Å². The van der Waals surface area contributed by atoms with Crippen molar-refractivity contribution in [3.63, 3.8) is 0 Å². The summed E-state index contributed by atoms with van der Waals surface area (Å²) in [6.07, 6.45) is 0. The van der Waals surface area contributed by atoms with Crippen molar-refractivity contribution in [3.05, 3.63) is 55.6 Å². The lowest BCUT2D eigenvalue weighted by atomic mass is 10.1. The number of ether oxygens (including phenoxy) is 3. The summed E-state index contributed by atoms with van der Waals surface area (Å²) in [6, 6.07) is 3.71. The number of aromatic hydroxyl groups is 1. The fraction of sp³-hybridized carbons (Fsp3) is 0.176. The molecule has 2 aromatic rings. The van der Waals surface area contributed by atoms with Gasteiger partial charge in [0.1, 0.15) is 11.1 Å². The van der Waals surface area contributed by atoms with Gasteiger partial charge < -0.3 is 29.5 Å². The number of hydrogen-bond acceptors (Lipinski definition) is 10. The van der Waals surface area contributed by atoms with Crippen molar-refractivity contribution < 1.29 is 49.0 Å². The number of nitro groups is 2. The molecule has 0 amide bonds. The van der Waals surface area contributed by atoms with Crippen molar-refractivity contribution in [1.82, 2.24) is 0 Å². The van der Waals surface area contributed by atoms with Crippen molar-refractivity contribution in [2.75, 3.05) is 21.3 Å². The average Bonchev–Trinajstić information content (AvgIpc) is 2.72. The standard InChI is InChI=1S/C9H9NO6.C8H7NO6/c1-15-7-3-5(9(11)12)6(10(13)14)4-8(7)16-2;1-15-7-3-5(9(13)14)4(8(11)12)2-6(7)10/h3-4H,1-2H3,(H,11,12);2-3,10H,1H3,(H,11,12). The predicted molar refractivity (Wildman–Crippen MR) is 101 cm³/mol. The third kappa shape index (κ3) is 5.69. The Kier molecular flexibility index (Phi) is 8.07. The second kappa shape index (κ2) is 10.2. The first-order valence-corrected chi connectivity index (χ1v) is 7.90. The number of carbonyl (C=O) groups is 2.